The third kappa shape index (κ3) is 2.70. The van der Waals surface area contributed by atoms with E-state index < -0.39 is 0 Å². The van der Waals surface area contributed by atoms with Gasteiger partial charge in [-0.15, -0.1) is 0 Å². The molecule has 0 spiro atoms. The van der Waals surface area contributed by atoms with Gasteiger partial charge in [-0.3, -0.25) is 4.90 Å². The van der Waals surface area contributed by atoms with E-state index in [-0.39, 0.29) is 0 Å². The van der Waals surface area contributed by atoms with Crippen molar-refractivity contribution in [3.8, 4) is 0 Å². The molecule has 1 atom stereocenters. The first-order valence-electron chi connectivity index (χ1n) is 6.58. The van der Waals surface area contributed by atoms with E-state index in [1.165, 1.54) is 18.5 Å². The molecule has 1 aliphatic heterocycles. The molecule has 1 saturated heterocycles. The van der Waals surface area contributed by atoms with Crippen molar-refractivity contribution in [1.82, 2.24) is 10.2 Å². The number of likely N-dealkylation sites (tertiary alicyclic amines) is 1. The SMILES string of the molecule is CNCC1CCN(Cc2ccccc2)C1(C)C. The molecule has 1 aromatic carbocycles. The van der Waals surface area contributed by atoms with E-state index in [9.17, 15) is 0 Å². The quantitative estimate of drug-likeness (QED) is 0.858. The zero-order valence-corrected chi connectivity index (χ0v) is 11.2. The van der Waals surface area contributed by atoms with Crippen molar-refractivity contribution < 1.29 is 0 Å². The lowest BCUT2D eigenvalue weighted by Gasteiger charge is -2.36. The molecular weight excluding hydrogens is 208 g/mol. The molecule has 1 aliphatic rings. The van der Waals surface area contributed by atoms with Crippen LogP contribution in [0.2, 0.25) is 0 Å². The smallest absolute Gasteiger partial charge is 0.0239 e. The lowest BCUT2D eigenvalue weighted by atomic mass is 9.88. The standard InChI is InChI=1S/C15H24N2/c1-15(2)14(11-16-3)9-10-17(15)12-13-7-5-4-6-8-13/h4-8,14,16H,9-12H2,1-3H3. The van der Waals surface area contributed by atoms with Gasteiger partial charge in [0.05, 0.1) is 0 Å². The van der Waals surface area contributed by atoms with E-state index in [0.29, 0.717) is 5.54 Å². The molecular formula is C15H24N2. The van der Waals surface area contributed by atoms with Crippen LogP contribution in [0.4, 0.5) is 0 Å². The van der Waals surface area contributed by atoms with Crippen molar-refractivity contribution in [1.29, 1.82) is 0 Å². The summed E-state index contributed by atoms with van der Waals surface area (Å²) in [6, 6.07) is 10.8. The fraction of sp³-hybridized carbons (Fsp3) is 0.600. The van der Waals surface area contributed by atoms with Gasteiger partial charge in [-0.05, 0) is 51.9 Å². The molecule has 1 unspecified atom stereocenters. The molecule has 0 saturated carbocycles. The first-order chi connectivity index (χ1) is 8.14. The molecule has 0 amide bonds. The van der Waals surface area contributed by atoms with Crippen molar-refractivity contribution in [3.63, 3.8) is 0 Å². The molecule has 17 heavy (non-hydrogen) atoms. The van der Waals surface area contributed by atoms with Crippen molar-refractivity contribution in [2.45, 2.75) is 32.4 Å². The predicted octanol–water partition coefficient (Wildman–Crippen LogP) is 2.51. The predicted molar refractivity (Wildman–Crippen MR) is 73.0 cm³/mol. The van der Waals surface area contributed by atoms with Crippen molar-refractivity contribution in [3.05, 3.63) is 35.9 Å². The Bertz CT molecular complexity index is 345. The van der Waals surface area contributed by atoms with E-state index in [1.54, 1.807) is 0 Å². The van der Waals surface area contributed by atoms with Gasteiger partial charge in [-0.1, -0.05) is 30.3 Å². The highest BCUT2D eigenvalue weighted by atomic mass is 15.2. The molecule has 2 nitrogen and oxygen atoms in total. The molecule has 0 bridgehead atoms. The lowest BCUT2D eigenvalue weighted by Crippen LogP contribution is -2.44. The highest BCUT2D eigenvalue weighted by molar-refractivity contribution is 5.15. The monoisotopic (exact) mass is 232 g/mol. The van der Waals surface area contributed by atoms with Crippen LogP contribution in [-0.4, -0.2) is 30.6 Å². The van der Waals surface area contributed by atoms with Crippen LogP contribution in [0.15, 0.2) is 30.3 Å². The van der Waals surface area contributed by atoms with E-state index in [4.69, 9.17) is 0 Å². The van der Waals surface area contributed by atoms with Gasteiger partial charge in [0.25, 0.3) is 0 Å². The Morgan fingerprint density at radius 2 is 2.00 bits per heavy atom. The third-order valence-electron chi connectivity index (χ3n) is 4.23. The molecule has 1 fully saturated rings. The Balaban J connectivity index is 2.03. The maximum Gasteiger partial charge on any atom is 0.0239 e. The molecule has 1 N–H and O–H groups in total. The molecule has 1 heterocycles. The first-order valence-corrected chi connectivity index (χ1v) is 6.58. The molecule has 0 aliphatic carbocycles. The zero-order valence-electron chi connectivity index (χ0n) is 11.2. The van der Waals surface area contributed by atoms with Crippen LogP contribution in [0, 0.1) is 5.92 Å². The fourth-order valence-corrected chi connectivity index (χ4v) is 2.90. The Labute approximate surface area is 105 Å². The van der Waals surface area contributed by atoms with Gasteiger partial charge in [0.1, 0.15) is 0 Å². The number of rotatable bonds is 4. The van der Waals surface area contributed by atoms with Crippen LogP contribution in [0.3, 0.4) is 0 Å². The molecule has 2 heteroatoms. The molecule has 94 valence electrons. The number of hydrogen-bond acceptors (Lipinski definition) is 2. The summed E-state index contributed by atoms with van der Waals surface area (Å²) in [6.45, 7) is 8.18. The second-order valence-corrected chi connectivity index (χ2v) is 5.60. The molecule has 2 rings (SSSR count). The fourth-order valence-electron chi connectivity index (χ4n) is 2.90. The normalized spacial score (nSPS) is 24.1. The van der Waals surface area contributed by atoms with Gasteiger partial charge < -0.3 is 5.32 Å². The van der Waals surface area contributed by atoms with Crippen molar-refractivity contribution in [2.75, 3.05) is 20.1 Å². The van der Waals surface area contributed by atoms with E-state index >= 15 is 0 Å². The highest BCUT2D eigenvalue weighted by Crippen LogP contribution is 2.35. The van der Waals surface area contributed by atoms with Gasteiger partial charge in [-0.25, -0.2) is 0 Å². The van der Waals surface area contributed by atoms with Gasteiger partial charge in [-0.2, -0.15) is 0 Å². The molecule has 0 aromatic heterocycles. The van der Waals surface area contributed by atoms with Crippen LogP contribution in [0.5, 0.6) is 0 Å². The van der Waals surface area contributed by atoms with Crippen LogP contribution in [-0.2, 0) is 6.54 Å². The van der Waals surface area contributed by atoms with Crippen LogP contribution >= 0.6 is 0 Å². The van der Waals surface area contributed by atoms with Crippen LogP contribution in [0.1, 0.15) is 25.8 Å². The summed E-state index contributed by atoms with van der Waals surface area (Å²) < 4.78 is 0. The molecule has 1 aromatic rings. The second-order valence-electron chi connectivity index (χ2n) is 5.60. The first kappa shape index (κ1) is 12.6. The van der Waals surface area contributed by atoms with Crippen molar-refractivity contribution >= 4 is 0 Å². The summed E-state index contributed by atoms with van der Waals surface area (Å²) in [4.78, 5) is 2.62. The van der Waals surface area contributed by atoms with E-state index in [1.807, 2.05) is 0 Å². The van der Waals surface area contributed by atoms with E-state index in [0.717, 1.165) is 19.0 Å². The summed E-state index contributed by atoms with van der Waals surface area (Å²) in [5.41, 5.74) is 1.73. The summed E-state index contributed by atoms with van der Waals surface area (Å²) in [5.74, 6) is 0.760. The Morgan fingerprint density at radius 3 is 2.65 bits per heavy atom. The van der Waals surface area contributed by atoms with Gasteiger partial charge in [0.2, 0.25) is 0 Å². The summed E-state index contributed by atoms with van der Waals surface area (Å²) in [6.07, 6.45) is 1.31. The maximum atomic E-state index is 3.32. The number of nitrogens with one attached hydrogen (secondary N) is 1. The minimum Gasteiger partial charge on any atom is -0.319 e. The van der Waals surface area contributed by atoms with Crippen LogP contribution in [0.25, 0.3) is 0 Å². The molecule has 0 radical (unpaired) electrons. The minimum atomic E-state index is 0.304. The van der Waals surface area contributed by atoms with E-state index in [2.05, 4.69) is 61.4 Å². The summed E-state index contributed by atoms with van der Waals surface area (Å²) in [5, 5.41) is 3.32. The average molecular weight is 232 g/mol. The number of benzene rings is 1. The Morgan fingerprint density at radius 1 is 1.29 bits per heavy atom. The van der Waals surface area contributed by atoms with Crippen LogP contribution < -0.4 is 5.32 Å². The topological polar surface area (TPSA) is 15.3 Å². The van der Waals surface area contributed by atoms with Gasteiger partial charge in [0.15, 0.2) is 0 Å². The maximum absolute atomic E-state index is 3.32. The minimum absolute atomic E-state index is 0.304. The zero-order chi connectivity index (χ0) is 12.3. The largest absolute Gasteiger partial charge is 0.319 e. The highest BCUT2D eigenvalue weighted by Gasteiger charge is 2.40. The Kier molecular flexibility index (Phi) is 3.85. The Hall–Kier alpha value is -0.860. The van der Waals surface area contributed by atoms with Gasteiger partial charge in [0, 0.05) is 12.1 Å². The third-order valence-corrected chi connectivity index (χ3v) is 4.23. The summed E-state index contributed by atoms with van der Waals surface area (Å²) in [7, 11) is 2.05. The summed E-state index contributed by atoms with van der Waals surface area (Å²) >= 11 is 0. The van der Waals surface area contributed by atoms with Gasteiger partial charge >= 0.3 is 0 Å². The average Bonchev–Trinajstić information content (AvgIpc) is 2.58. The van der Waals surface area contributed by atoms with Crippen molar-refractivity contribution in [2.24, 2.45) is 5.92 Å². The number of nitrogens with zero attached hydrogens (tertiary/aromatic N) is 1. The lowest BCUT2D eigenvalue weighted by molar-refractivity contribution is 0.130. The number of hydrogen-bond donors (Lipinski definition) is 1. The second kappa shape index (κ2) is 5.19.